The molecule has 26 heavy (non-hydrogen) atoms. The summed E-state index contributed by atoms with van der Waals surface area (Å²) in [4.78, 5) is 38.4. The van der Waals surface area contributed by atoms with Gasteiger partial charge in [-0.2, -0.15) is 4.68 Å². The van der Waals surface area contributed by atoms with E-state index in [-0.39, 0.29) is 17.1 Å². The van der Waals surface area contributed by atoms with Gasteiger partial charge in [-0.15, -0.1) is 0 Å². The molecule has 0 spiro atoms. The minimum Gasteiger partial charge on any atom is -0.287 e. The Balaban J connectivity index is 2.04. The van der Waals surface area contributed by atoms with Gasteiger partial charge in [0.15, 0.2) is 0 Å². The monoisotopic (exact) mass is 348 g/mol. The van der Waals surface area contributed by atoms with E-state index in [0.717, 1.165) is 11.4 Å². The first-order chi connectivity index (χ1) is 12.5. The van der Waals surface area contributed by atoms with Gasteiger partial charge in [0.1, 0.15) is 5.82 Å². The Morgan fingerprint density at radius 2 is 1.73 bits per heavy atom. The minimum absolute atomic E-state index is 0.250. The van der Waals surface area contributed by atoms with E-state index < -0.39 is 0 Å². The van der Waals surface area contributed by atoms with Gasteiger partial charge in [-0.05, 0) is 39.0 Å². The van der Waals surface area contributed by atoms with E-state index in [4.69, 9.17) is 0 Å². The number of aromatic amines is 1. The van der Waals surface area contributed by atoms with Crippen LogP contribution >= 0.6 is 0 Å². The number of fused-ring (bicyclic) bond motifs is 1. The van der Waals surface area contributed by atoms with Crippen LogP contribution < -0.4 is 11.1 Å². The first-order valence-corrected chi connectivity index (χ1v) is 8.07. The van der Waals surface area contributed by atoms with Crippen LogP contribution in [0.3, 0.4) is 0 Å². The lowest BCUT2D eigenvalue weighted by Crippen LogP contribution is -2.23. The standard InChI is InChI=1S/C18H16N6O2/c1-10-8-11(2)21-18(20-10)24-17(26)16-12(3)23(14-6-4-5-7-19-14)15(25)9-13(16)22-24/h4-9,22H,1-3H3. The topological polar surface area (TPSA) is 98.5 Å². The maximum absolute atomic E-state index is 13.0. The number of aromatic nitrogens is 6. The van der Waals surface area contributed by atoms with Crippen molar-refractivity contribution in [1.29, 1.82) is 0 Å². The van der Waals surface area contributed by atoms with Crippen LogP contribution in [0.1, 0.15) is 17.1 Å². The Morgan fingerprint density at radius 3 is 2.38 bits per heavy atom. The SMILES string of the molecule is Cc1cc(C)nc(-n2[nH]c3cc(=O)n(-c4ccccn4)c(C)c3c2=O)n1. The summed E-state index contributed by atoms with van der Waals surface area (Å²) in [5.41, 5.74) is 1.87. The largest absolute Gasteiger partial charge is 0.287 e. The average Bonchev–Trinajstić information content (AvgIpc) is 2.91. The van der Waals surface area contributed by atoms with E-state index in [9.17, 15) is 9.59 Å². The predicted octanol–water partition coefficient (Wildman–Crippen LogP) is 1.58. The second-order valence-electron chi connectivity index (χ2n) is 6.08. The van der Waals surface area contributed by atoms with Crippen molar-refractivity contribution in [2.24, 2.45) is 0 Å². The lowest BCUT2D eigenvalue weighted by Gasteiger charge is -2.08. The molecule has 0 saturated heterocycles. The Kier molecular flexibility index (Phi) is 3.54. The van der Waals surface area contributed by atoms with Crippen molar-refractivity contribution in [1.82, 2.24) is 29.3 Å². The first-order valence-electron chi connectivity index (χ1n) is 8.07. The number of pyridine rings is 2. The fourth-order valence-electron chi connectivity index (χ4n) is 3.09. The summed E-state index contributed by atoms with van der Waals surface area (Å²) in [5.74, 6) is 0.714. The van der Waals surface area contributed by atoms with Crippen LogP contribution in [0.2, 0.25) is 0 Å². The molecule has 4 rings (SSSR count). The van der Waals surface area contributed by atoms with Crippen LogP contribution in [0.4, 0.5) is 0 Å². The number of rotatable bonds is 2. The number of nitrogens with zero attached hydrogens (tertiary/aromatic N) is 5. The Bertz CT molecular complexity index is 1230. The van der Waals surface area contributed by atoms with Crippen LogP contribution in [-0.4, -0.2) is 29.3 Å². The quantitative estimate of drug-likeness (QED) is 0.593. The average molecular weight is 348 g/mol. The van der Waals surface area contributed by atoms with Gasteiger partial charge < -0.3 is 0 Å². The molecule has 8 heteroatoms. The summed E-state index contributed by atoms with van der Waals surface area (Å²) in [6.07, 6.45) is 1.60. The molecule has 0 fully saturated rings. The number of H-pyrrole nitrogens is 1. The minimum atomic E-state index is -0.313. The van der Waals surface area contributed by atoms with Gasteiger partial charge in [-0.1, -0.05) is 6.07 Å². The second-order valence-corrected chi connectivity index (χ2v) is 6.08. The fourth-order valence-corrected chi connectivity index (χ4v) is 3.09. The van der Waals surface area contributed by atoms with Gasteiger partial charge in [0.25, 0.3) is 17.1 Å². The molecule has 0 amide bonds. The third-order valence-corrected chi connectivity index (χ3v) is 4.15. The van der Waals surface area contributed by atoms with Gasteiger partial charge in [0.05, 0.1) is 10.9 Å². The molecular formula is C18H16N6O2. The van der Waals surface area contributed by atoms with Crippen molar-refractivity contribution in [3.8, 4) is 11.8 Å². The van der Waals surface area contributed by atoms with Gasteiger partial charge in [-0.3, -0.25) is 19.3 Å². The molecule has 0 aliphatic rings. The van der Waals surface area contributed by atoms with E-state index in [2.05, 4.69) is 20.1 Å². The molecule has 4 aromatic heterocycles. The van der Waals surface area contributed by atoms with Gasteiger partial charge in [-0.25, -0.2) is 15.0 Å². The molecule has 1 N–H and O–H groups in total. The van der Waals surface area contributed by atoms with Crippen molar-refractivity contribution in [2.75, 3.05) is 0 Å². The highest BCUT2D eigenvalue weighted by Gasteiger charge is 2.17. The van der Waals surface area contributed by atoms with E-state index in [0.29, 0.717) is 22.4 Å². The molecule has 0 unspecified atom stereocenters. The summed E-state index contributed by atoms with van der Waals surface area (Å²) in [6, 6.07) is 8.49. The summed E-state index contributed by atoms with van der Waals surface area (Å²) in [6.45, 7) is 5.39. The van der Waals surface area contributed by atoms with Crippen LogP contribution in [0.15, 0.2) is 46.1 Å². The highest BCUT2D eigenvalue weighted by atomic mass is 16.1. The summed E-state index contributed by atoms with van der Waals surface area (Å²) in [7, 11) is 0. The Hall–Kier alpha value is -3.55. The molecule has 0 atom stereocenters. The number of hydrogen-bond acceptors (Lipinski definition) is 5. The van der Waals surface area contributed by atoms with Gasteiger partial charge in [0.2, 0.25) is 0 Å². The molecule has 4 heterocycles. The molecule has 0 saturated carbocycles. The molecule has 0 aliphatic carbocycles. The molecular weight excluding hydrogens is 332 g/mol. The fraction of sp³-hybridized carbons (Fsp3) is 0.167. The lowest BCUT2D eigenvalue weighted by molar-refractivity contribution is 0.780. The zero-order valence-electron chi connectivity index (χ0n) is 14.5. The molecule has 0 radical (unpaired) electrons. The predicted molar refractivity (Wildman–Crippen MR) is 97.1 cm³/mol. The normalized spacial score (nSPS) is 11.2. The van der Waals surface area contributed by atoms with Crippen molar-refractivity contribution in [3.63, 3.8) is 0 Å². The van der Waals surface area contributed by atoms with Crippen LogP contribution in [-0.2, 0) is 0 Å². The highest BCUT2D eigenvalue weighted by Crippen LogP contribution is 2.15. The van der Waals surface area contributed by atoms with Crippen LogP contribution in [0, 0.1) is 20.8 Å². The van der Waals surface area contributed by atoms with E-state index in [1.165, 1.54) is 15.3 Å². The van der Waals surface area contributed by atoms with Crippen LogP contribution in [0.25, 0.3) is 22.7 Å². The molecule has 0 bridgehead atoms. The molecule has 130 valence electrons. The molecule has 0 aromatic carbocycles. The van der Waals surface area contributed by atoms with Crippen LogP contribution in [0.5, 0.6) is 0 Å². The van der Waals surface area contributed by atoms with Gasteiger partial charge >= 0.3 is 0 Å². The maximum Gasteiger partial charge on any atom is 0.283 e. The third-order valence-electron chi connectivity index (χ3n) is 4.15. The maximum atomic E-state index is 13.0. The lowest BCUT2D eigenvalue weighted by atomic mass is 10.2. The number of hydrogen-bond donors (Lipinski definition) is 1. The second kappa shape index (κ2) is 5.76. The number of aryl methyl sites for hydroxylation is 3. The molecule has 4 aromatic rings. The zero-order valence-corrected chi connectivity index (χ0v) is 14.5. The first kappa shape index (κ1) is 15.9. The van der Waals surface area contributed by atoms with E-state index in [1.54, 1.807) is 31.3 Å². The smallest absolute Gasteiger partial charge is 0.283 e. The molecule has 8 nitrogen and oxygen atoms in total. The van der Waals surface area contributed by atoms with Gasteiger partial charge in [0, 0.05) is 29.3 Å². The van der Waals surface area contributed by atoms with E-state index in [1.807, 2.05) is 19.9 Å². The van der Waals surface area contributed by atoms with Crippen molar-refractivity contribution < 1.29 is 0 Å². The summed E-state index contributed by atoms with van der Waals surface area (Å²) < 4.78 is 2.68. The Labute approximate surface area is 147 Å². The van der Waals surface area contributed by atoms with Crippen molar-refractivity contribution in [2.45, 2.75) is 20.8 Å². The summed E-state index contributed by atoms with van der Waals surface area (Å²) in [5, 5.41) is 3.34. The summed E-state index contributed by atoms with van der Waals surface area (Å²) >= 11 is 0. The third kappa shape index (κ3) is 2.43. The van der Waals surface area contributed by atoms with E-state index >= 15 is 0 Å². The Morgan fingerprint density at radius 1 is 1.00 bits per heavy atom. The molecule has 0 aliphatic heterocycles. The zero-order chi connectivity index (χ0) is 18.4. The highest BCUT2D eigenvalue weighted by molar-refractivity contribution is 5.80. The van der Waals surface area contributed by atoms with Crippen molar-refractivity contribution in [3.05, 3.63) is 74.3 Å². The van der Waals surface area contributed by atoms with Crippen molar-refractivity contribution >= 4 is 10.9 Å². The number of nitrogens with one attached hydrogen (secondary N) is 1.